The molecule has 0 aliphatic rings. The fourth-order valence-electron chi connectivity index (χ4n) is 2.39. The molecule has 0 unspecified atom stereocenters. The summed E-state index contributed by atoms with van der Waals surface area (Å²) in [6.07, 6.45) is 3.65. The number of amides is 2. The number of hydrogen-bond donors (Lipinski definition) is 3. The smallest absolute Gasteiger partial charge is 0.243 e. The maximum atomic E-state index is 11.8. The van der Waals surface area contributed by atoms with Crippen molar-refractivity contribution in [2.75, 3.05) is 13.7 Å². The van der Waals surface area contributed by atoms with Crippen LogP contribution in [0.1, 0.15) is 24.0 Å². The molecule has 2 amide bonds. The summed E-state index contributed by atoms with van der Waals surface area (Å²) in [7, 11) is 1.56. The summed E-state index contributed by atoms with van der Waals surface area (Å²) < 4.78 is 11.2. The van der Waals surface area contributed by atoms with Gasteiger partial charge in [-0.3, -0.25) is 14.8 Å². The molecule has 0 fully saturated rings. The number of carbonyl (C=O) groups is 2. The lowest BCUT2D eigenvalue weighted by molar-refractivity contribution is -0.129. The Kier molecular flexibility index (Phi) is 8.55. The molecular weight excluding hydrogens is 360 g/mol. The second kappa shape index (κ2) is 11.4. The highest BCUT2D eigenvalue weighted by Gasteiger charge is 2.06. The van der Waals surface area contributed by atoms with Crippen molar-refractivity contribution in [3.8, 4) is 11.5 Å². The van der Waals surface area contributed by atoms with Crippen LogP contribution in [-0.4, -0.2) is 30.7 Å². The molecule has 2 aromatic carbocycles. The molecule has 2 aromatic rings. The van der Waals surface area contributed by atoms with Gasteiger partial charge in [-0.05, 0) is 35.8 Å². The van der Waals surface area contributed by atoms with Crippen molar-refractivity contribution in [1.82, 2.24) is 10.8 Å². The molecule has 0 aromatic heterocycles. The SMILES string of the molecule is COc1cc(/C=C/C(=O)NCCCC(=O)NO)ccc1OCc1ccccc1. The lowest BCUT2D eigenvalue weighted by atomic mass is 10.2. The van der Waals surface area contributed by atoms with E-state index in [4.69, 9.17) is 14.7 Å². The fourth-order valence-corrected chi connectivity index (χ4v) is 2.39. The van der Waals surface area contributed by atoms with Gasteiger partial charge in [0.1, 0.15) is 6.61 Å². The van der Waals surface area contributed by atoms with E-state index in [1.54, 1.807) is 30.8 Å². The van der Waals surface area contributed by atoms with Crippen molar-refractivity contribution in [2.24, 2.45) is 0 Å². The van der Waals surface area contributed by atoms with Gasteiger partial charge >= 0.3 is 0 Å². The van der Waals surface area contributed by atoms with Crippen LogP contribution in [0.4, 0.5) is 0 Å². The van der Waals surface area contributed by atoms with Crippen molar-refractivity contribution in [1.29, 1.82) is 0 Å². The van der Waals surface area contributed by atoms with E-state index in [1.165, 1.54) is 6.08 Å². The molecule has 0 saturated carbocycles. The summed E-state index contributed by atoms with van der Waals surface area (Å²) in [5.74, 6) is 0.447. The second-order valence-corrected chi connectivity index (χ2v) is 5.95. The summed E-state index contributed by atoms with van der Waals surface area (Å²) in [4.78, 5) is 22.7. The van der Waals surface area contributed by atoms with Gasteiger partial charge in [0, 0.05) is 19.0 Å². The molecule has 148 valence electrons. The third-order valence-corrected chi connectivity index (χ3v) is 3.86. The van der Waals surface area contributed by atoms with Gasteiger partial charge < -0.3 is 14.8 Å². The topological polar surface area (TPSA) is 96.9 Å². The molecule has 0 aliphatic heterocycles. The van der Waals surface area contributed by atoms with Gasteiger partial charge in [0.15, 0.2) is 11.5 Å². The Bertz CT molecular complexity index is 806. The van der Waals surface area contributed by atoms with Gasteiger partial charge in [0.05, 0.1) is 7.11 Å². The number of rotatable bonds is 10. The first-order valence-corrected chi connectivity index (χ1v) is 8.86. The zero-order chi connectivity index (χ0) is 20.2. The molecule has 0 radical (unpaired) electrons. The van der Waals surface area contributed by atoms with Gasteiger partial charge in [-0.25, -0.2) is 5.48 Å². The summed E-state index contributed by atoms with van der Waals surface area (Å²) >= 11 is 0. The Balaban J connectivity index is 1.87. The molecular formula is C21H24N2O5. The van der Waals surface area contributed by atoms with Gasteiger partial charge in [-0.1, -0.05) is 36.4 Å². The van der Waals surface area contributed by atoms with Crippen molar-refractivity contribution < 1.29 is 24.3 Å². The second-order valence-electron chi connectivity index (χ2n) is 5.95. The third kappa shape index (κ3) is 7.13. The first kappa shape index (κ1) is 21.0. The Morgan fingerprint density at radius 3 is 2.61 bits per heavy atom. The maximum absolute atomic E-state index is 11.8. The van der Waals surface area contributed by atoms with Crippen LogP contribution in [0.3, 0.4) is 0 Å². The Morgan fingerprint density at radius 2 is 1.89 bits per heavy atom. The molecule has 0 atom stereocenters. The number of hydrogen-bond acceptors (Lipinski definition) is 5. The molecule has 0 heterocycles. The van der Waals surface area contributed by atoms with Crippen LogP contribution in [0.15, 0.2) is 54.6 Å². The van der Waals surface area contributed by atoms with Crippen molar-refractivity contribution in [3.63, 3.8) is 0 Å². The highest BCUT2D eigenvalue weighted by Crippen LogP contribution is 2.29. The minimum atomic E-state index is -0.480. The summed E-state index contributed by atoms with van der Waals surface area (Å²) in [6, 6.07) is 15.2. The quantitative estimate of drug-likeness (QED) is 0.253. The zero-order valence-corrected chi connectivity index (χ0v) is 15.7. The average molecular weight is 384 g/mol. The van der Waals surface area contributed by atoms with Crippen LogP contribution >= 0.6 is 0 Å². The third-order valence-electron chi connectivity index (χ3n) is 3.86. The lowest BCUT2D eigenvalue weighted by Crippen LogP contribution is -2.24. The van der Waals surface area contributed by atoms with E-state index in [9.17, 15) is 9.59 Å². The first-order valence-electron chi connectivity index (χ1n) is 8.86. The van der Waals surface area contributed by atoms with E-state index in [-0.39, 0.29) is 12.3 Å². The summed E-state index contributed by atoms with van der Waals surface area (Å²) in [5, 5.41) is 11.1. The monoisotopic (exact) mass is 384 g/mol. The van der Waals surface area contributed by atoms with E-state index >= 15 is 0 Å². The molecule has 28 heavy (non-hydrogen) atoms. The molecule has 7 nitrogen and oxygen atoms in total. The predicted molar refractivity (Wildman–Crippen MR) is 105 cm³/mol. The average Bonchev–Trinajstić information content (AvgIpc) is 2.74. The number of carbonyl (C=O) groups excluding carboxylic acids is 2. The Hall–Kier alpha value is -3.32. The molecule has 0 bridgehead atoms. The highest BCUT2D eigenvalue weighted by molar-refractivity contribution is 5.91. The summed E-state index contributed by atoms with van der Waals surface area (Å²) in [6.45, 7) is 0.773. The first-order chi connectivity index (χ1) is 13.6. The lowest BCUT2D eigenvalue weighted by Gasteiger charge is -2.11. The zero-order valence-electron chi connectivity index (χ0n) is 15.7. The number of nitrogens with one attached hydrogen (secondary N) is 2. The van der Waals surface area contributed by atoms with Crippen molar-refractivity contribution in [2.45, 2.75) is 19.4 Å². The fraction of sp³-hybridized carbons (Fsp3) is 0.238. The van der Waals surface area contributed by atoms with E-state index in [0.29, 0.717) is 31.1 Å². The number of hydroxylamine groups is 1. The van der Waals surface area contributed by atoms with E-state index in [1.807, 2.05) is 36.4 Å². The van der Waals surface area contributed by atoms with Crippen molar-refractivity contribution in [3.05, 3.63) is 65.7 Å². The van der Waals surface area contributed by atoms with E-state index in [2.05, 4.69) is 5.32 Å². The molecule has 0 aliphatic carbocycles. The minimum absolute atomic E-state index is 0.141. The van der Waals surface area contributed by atoms with Crippen LogP contribution in [0, 0.1) is 0 Å². The van der Waals surface area contributed by atoms with E-state index in [0.717, 1.165) is 11.1 Å². The number of methoxy groups -OCH3 is 1. The predicted octanol–water partition coefficient (Wildman–Crippen LogP) is 2.69. The molecule has 7 heteroatoms. The van der Waals surface area contributed by atoms with E-state index < -0.39 is 5.91 Å². The minimum Gasteiger partial charge on any atom is -0.493 e. The van der Waals surface area contributed by atoms with Gasteiger partial charge in [-0.2, -0.15) is 0 Å². The molecule has 3 N–H and O–H groups in total. The number of ether oxygens (including phenoxy) is 2. The van der Waals surface area contributed by atoms with Crippen LogP contribution in [0.5, 0.6) is 11.5 Å². The summed E-state index contributed by atoms with van der Waals surface area (Å²) in [5.41, 5.74) is 3.39. The molecule has 2 rings (SSSR count). The van der Waals surface area contributed by atoms with Crippen LogP contribution in [-0.2, 0) is 16.2 Å². The van der Waals surface area contributed by atoms with Gasteiger partial charge in [0.25, 0.3) is 0 Å². The normalized spacial score (nSPS) is 10.5. The molecule has 0 spiro atoms. The van der Waals surface area contributed by atoms with Gasteiger partial charge in [-0.15, -0.1) is 0 Å². The van der Waals surface area contributed by atoms with Gasteiger partial charge in [0.2, 0.25) is 11.8 Å². The van der Waals surface area contributed by atoms with Crippen molar-refractivity contribution >= 4 is 17.9 Å². The Morgan fingerprint density at radius 1 is 1.11 bits per heavy atom. The Labute approximate surface area is 163 Å². The maximum Gasteiger partial charge on any atom is 0.243 e. The highest BCUT2D eigenvalue weighted by atomic mass is 16.5. The van der Waals surface area contributed by atoms with Crippen LogP contribution < -0.4 is 20.3 Å². The van der Waals surface area contributed by atoms with Crippen LogP contribution in [0.25, 0.3) is 6.08 Å². The standard InChI is InChI=1S/C21H24N2O5/c1-27-19-14-16(10-12-20(24)22-13-5-8-21(25)23-26)9-11-18(19)28-15-17-6-3-2-4-7-17/h2-4,6-7,9-12,14,26H,5,8,13,15H2,1H3,(H,22,24)(H,23,25)/b12-10+. The molecule has 0 saturated heterocycles. The number of benzene rings is 2. The largest absolute Gasteiger partial charge is 0.493 e. The van der Waals surface area contributed by atoms with Crippen LogP contribution in [0.2, 0.25) is 0 Å².